The molecule has 1 atom stereocenters. The SMILES string of the molecule is O=C(NCC1CC1)C1CCCN(C(=O)c2ccnc(F)c2Cl)C1. The molecule has 1 unspecified atom stereocenters. The van der Waals surface area contributed by atoms with Crippen LogP contribution in [0.3, 0.4) is 0 Å². The summed E-state index contributed by atoms with van der Waals surface area (Å²) in [6.45, 7) is 1.62. The number of carbonyl (C=O) groups is 2. The Morgan fingerprint density at radius 1 is 1.39 bits per heavy atom. The van der Waals surface area contributed by atoms with Gasteiger partial charge in [-0.15, -0.1) is 0 Å². The molecule has 2 fully saturated rings. The summed E-state index contributed by atoms with van der Waals surface area (Å²) in [4.78, 5) is 29.7. The lowest BCUT2D eigenvalue weighted by Gasteiger charge is -2.32. The standard InChI is InChI=1S/C16H19ClFN3O2/c17-13-12(5-6-19-14(13)18)16(23)21-7-1-2-11(9-21)15(22)20-8-10-3-4-10/h5-6,10-11H,1-4,7-9H2,(H,20,22). The van der Waals surface area contributed by atoms with Crippen molar-refractivity contribution in [2.75, 3.05) is 19.6 Å². The highest BCUT2D eigenvalue weighted by Gasteiger charge is 2.31. The maximum absolute atomic E-state index is 13.4. The Balaban J connectivity index is 1.64. The van der Waals surface area contributed by atoms with E-state index in [9.17, 15) is 14.0 Å². The topological polar surface area (TPSA) is 62.3 Å². The Kier molecular flexibility index (Phi) is 4.80. The quantitative estimate of drug-likeness (QED) is 0.856. The molecule has 1 aromatic rings. The zero-order valence-electron chi connectivity index (χ0n) is 12.7. The Hall–Kier alpha value is -1.69. The predicted octanol–water partition coefficient (Wildman–Crippen LogP) is 2.25. The van der Waals surface area contributed by atoms with Crippen molar-refractivity contribution in [3.05, 3.63) is 28.8 Å². The number of halogens is 2. The van der Waals surface area contributed by atoms with Gasteiger partial charge in [0.2, 0.25) is 11.9 Å². The first kappa shape index (κ1) is 16.2. The molecule has 2 heterocycles. The first-order chi connectivity index (χ1) is 11.1. The van der Waals surface area contributed by atoms with Crippen molar-refractivity contribution in [1.82, 2.24) is 15.2 Å². The summed E-state index contributed by atoms with van der Waals surface area (Å²) in [6.07, 6.45) is 5.10. The largest absolute Gasteiger partial charge is 0.356 e. The number of likely N-dealkylation sites (tertiary alicyclic amines) is 1. The monoisotopic (exact) mass is 339 g/mol. The molecule has 7 heteroatoms. The molecule has 5 nitrogen and oxygen atoms in total. The molecule has 2 aliphatic rings. The summed E-state index contributed by atoms with van der Waals surface area (Å²) in [5.74, 6) is -0.790. The lowest BCUT2D eigenvalue weighted by atomic mass is 9.96. The highest BCUT2D eigenvalue weighted by Crippen LogP contribution is 2.28. The smallest absolute Gasteiger partial charge is 0.255 e. The summed E-state index contributed by atoms with van der Waals surface area (Å²) in [6, 6.07) is 1.41. The Morgan fingerprint density at radius 2 is 2.17 bits per heavy atom. The number of carbonyl (C=O) groups excluding carboxylic acids is 2. The molecule has 1 aliphatic heterocycles. The number of aromatic nitrogens is 1. The molecule has 1 saturated carbocycles. The number of nitrogens with one attached hydrogen (secondary N) is 1. The van der Waals surface area contributed by atoms with Gasteiger partial charge in [-0.2, -0.15) is 4.39 Å². The van der Waals surface area contributed by atoms with Crippen LogP contribution in [-0.2, 0) is 4.79 Å². The highest BCUT2D eigenvalue weighted by atomic mass is 35.5. The Bertz CT molecular complexity index is 621. The molecule has 1 aromatic heterocycles. The van der Waals surface area contributed by atoms with Crippen LogP contribution in [0.2, 0.25) is 5.02 Å². The molecular formula is C16H19ClFN3O2. The zero-order valence-corrected chi connectivity index (χ0v) is 13.5. The number of rotatable bonds is 4. The van der Waals surface area contributed by atoms with Gasteiger partial charge in [0.25, 0.3) is 5.91 Å². The van der Waals surface area contributed by atoms with Crippen molar-refractivity contribution < 1.29 is 14.0 Å². The normalized spacial score (nSPS) is 21.1. The van der Waals surface area contributed by atoms with Gasteiger partial charge in [-0.1, -0.05) is 11.6 Å². The van der Waals surface area contributed by atoms with Gasteiger partial charge in [-0.3, -0.25) is 9.59 Å². The third-order valence-corrected chi connectivity index (χ3v) is 4.78. The third-order valence-electron chi connectivity index (χ3n) is 4.42. The number of piperidine rings is 1. The molecule has 124 valence electrons. The lowest BCUT2D eigenvalue weighted by molar-refractivity contribution is -0.126. The first-order valence-corrected chi connectivity index (χ1v) is 8.31. The molecule has 0 aromatic carbocycles. The van der Waals surface area contributed by atoms with Crippen molar-refractivity contribution in [1.29, 1.82) is 0 Å². The Morgan fingerprint density at radius 3 is 2.91 bits per heavy atom. The van der Waals surface area contributed by atoms with Crippen LogP contribution in [0.25, 0.3) is 0 Å². The fourth-order valence-corrected chi connectivity index (χ4v) is 3.03. The summed E-state index contributed by atoms with van der Waals surface area (Å²) in [5, 5.41) is 2.70. The van der Waals surface area contributed by atoms with E-state index in [0.29, 0.717) is 19.0 Å². The van der Waals surface area contributed by atoms with Gasteiger partial charge in [0.1, 0.15) is 5.02 Å². The molecule has 0 bridgehead atoms. The number of hydrogen-bond donors (Lipinski definition) is 1. The minimum absolute atomic E-state index is 0.00130. The average molecular weight is 340 g/mol. The van der Waals surface area contributed by atoms with Gasteiger partial charge in [-0.25, -0.2) is 4.98 Å². The van der Waals surface area contributed by atoms with Gasteiger partial charge >= 0.3 is 0 Å². The van der Waals surface area contributed by atoms with Crippen LogP contribution in [0.4, 0.5) is 4.39 Å². The summed E-state index contributed by atoms with van der Waals surface area (Å²) < 4.78 is 13.4. The van der Waals surface area contributed by atoms with E-state index in [1.807, 2.05) is 0 Å². The van der Waals surface area contributed by atoms with Crippen molar-refractivity contribution >= 4 is 23.4 Å². The zero-order chi connectivity index (χ0) is 16.4. The van der Waals surface area contributed by atoms with E-state index >= 15 is 0 Å². The predicted molar refractivity (Wildman–Crippen MR) is 83.6 cm³/mol. The van der Waals surface area contributed by atoms with Gasteiger partial charge in [0.15, 0.2) is 0 Å². The van der Waals surface area contributed by atoms with Crippen molar-refractivity contribution in [2.24, 2.45) is 11.8 Å². The van der Waals surface area contributed by atoms with E-state index in [4.69, 9.17) is 11.6 Å². The van der Waals surface area contributed by atoms with Crippen molar-refractivity contribution in [3.63, 3.8) is 0 Å². The number of pyridine rings is 1. The van der Waals surface area contributed by atoms with E-state index in [1.54, 1.807) is 4.90 Å². The van der Waals surface area contributed by atoms with E-state index in [-0.39, 0.29) is 28.3 Å². The molecule has 0 radical (unpaired) electrons. The van der Waals surface area contributed by atoms with Crippen LogP contribution in [0.15, 0.2) is 12.3 Å². The summed E-state index contributed by atoms with van der Waals surface area (Å²) in [5.41, 5.74) is 0.0956. The molecule has 3 rings (SSSR count). The molecular weight excluding hydrogens is 321 g/mol. The number of hydrogen-bond acceptors (Lipinski definition) is 3. The average Bonchev–Trinajstić information content (AvgIpc) is 3.39. The van der Waals surface area contributed by atoms with Crippen molar-refractivity contribution in [3.8, 4) is 0 Å². The Labute approximate surface area is 139 Å². The van der Waals surface area contributed by atoms with Crippen LogP contribution in [0.1, 0.15) is 36.0 Å². The third kappa shape index (κ3) is 3.80. The number of nitrogens with zero attached hydrogens (tertiary/aromatic N) is 2. The molecule has 2 amide bonds. The van der Waals surface area contributed by atoms with Crippen LogP contribution >= 0.6 is 11.6 Å². The van der Waals surface area contributed by atoms with E-state index in [2.05, 4.69) is 10.3 Å². The van der Waals surface area contributed by atoms with Crippen LogP contribution in [0, 0.1) is 17.8 Å². The molecule has 1 saturated heterocycles. The second-order valence-electron chi connectivity index (χ2n) is 6.24. The van der Waals surface area contributed by atoms with Gasteiger partial charge in [0.05, 0.1) is 11.5 Å². The maximum Gasteiger partial charge on any atom is 0.255 e. The second-order valence-corrected chi connectivity index (χ2v) is 6.62. The molecule has 1 N–H and O–H groups in total. The van der Waals surface area contributed by atoms with Crippen LogP contribution in [0.5, 0.6) is 0 Å². The molecule has 1 aliphatic carbocycles. The van der Waals surface area contributed by atoms with Gasteiger partial charge in [0, 0.05) is 25.8 Å². The first-order valence-electron chi connectivity index (χ1n) is 7.93. The second kappa shape index (κ2) is 6.83. The van der Waals surface area contributed by atoms with Gasteiger partial charge in [-0.05, 0) is 37.7 Å². The van der Waals surface area contributed by atoms with E-state index in [0.717, 1.165) is 19.4 Å². The minimum atomic E-state index is -0.853. The minimum Gasteiger partial charge on any atom is -0.356 e. The molecule has 23 heavy (non-hydrogen) atoms. The van der Waals surface area contributed by atoms with Gasteiger partial charge < -0.3 is 10.2 Å². The molecule has 0 spiro atoms. The lowest BCUT2D eigenvalue weighted by Crippen LogP contribution is -2.45. The fraction of sp³-hybridized carbons (Fsp3) is 0.562. The van der Waals surface area contributed by atoms with Crippen LogP contribution < -0.4 is 5.32 Å². The van der Waals surface area contributed by atoms with E-state index in [1.165, 1.54) is 25.1 Å². The highest BCUT2D eigenvalue weighted by molar-refractivity contribution is 6.33. The summed E-state index contributed by atoms with van der Waals surface area (Å²) >= 11 is 5.83. The maximum atomic E-state index is 13.4. The van der Waals surface area contributed by atoms with Crippen LogP contribution in [-0.4, -0.2) is 41.3 Å². The number of amides is 2. The fourth-order valence-electron chi connectivity index (χ4n) is 2.84. The summed E-state index contributed by atoms with van der Waals surface area (Å²) in [7, 11) is 0. The van der Waals surface area contributed by atoms with E-state index < -0.39 is 5.95 Å². The van der Waals surface area contributed by atoms with Crippen molar-refractivity contribution in [2.45, 2.75) is 25.7 Å².